The van der Waals surface area contributed by atoms with Gasteiger partial charge in [0, 0.05) is 5.56 Å². The van der Waals surface area contributed by atoms with Crippen molar-refractivity contribution in [2.24, 2.45) is 4.99 Å². The summed E-state index contributed by atoms with van der Waals surface area (Å²) in [5.41, 5.74) is 2.11. The van der Waals surface area contributed by atoms with Crippen molar-refractivity contribution in [2.45, 2.75) is 51.9 Å². The van der Waals surface area contributed by atoms with Gasteiger partial charge in [-0.2, -0.15) is 4.99 Å². The van der Waals surface area contributed by atoms with Gasteiger partial charge in [0.25, 0.3) is 5.69 Å². The van der Waals surface area contributed by atoms with Crippen LogP contribution in [0.4, 0.5) is 11.4 Å². The molecule has 0 saturated carbocycles. The Labute approximate surface area is 117 Å². The number of nitrogens with zero attached hydrogens (tertiary/aromatic N) is 2. The SMILES string of the molecule is Cc1c(N=C=O)cc2c(c1[N+](=O)[O-])C(C)(C)CC2(C)C. The monoisotopic (exact) mass is 274 g/mol. The first-order chi connectivity index (χ1) is 9.12. The van der Waals surface area contributed by atoms with E-state index in [2.05, 4.69) is 18.8 Å². The maximum absolute atomic E-state index is 11.5. The van der Waals surface area contributed by atoms with Crippen molar-refractivity contribution in [3.63, 3.8) is 0 Å². The smallest absolute Gasteiger partial charge is 0.258 e. The molecule has 1 aromatic rings. The van der Waals surface area contributed by atoms with Crippen LogP contribution in [0.5, 0.6) is 0 Å². The van der Waals surface area contributed by atoms with E-state index in [9.17, 15) is 14.9 Å². The highest BCUT2D eigenvalue weighted by atomic mass is 16.6. The van der Waals surface area contributed by atoms with Crippen LogP contribution in [0.25, 0.3) is 0 Å². The average molecular weight is 274 g/mol. The molecule has 0 aromatic heterocycles. The first-order valence-electron chi connectivity index (χ1n) is 6.52. The van der Waals surface area contributed by atoms with Crippen LogP contribution in [-0.4, -0.2) is 11.0 Å². The van der Waals surface area contributed by atoms with E-state index in [0.717, 1.165) is 17.5 Å². The Balaban J connectivity index is 2.95. The van der Waals surface area contributed by atoms with Gasteiger partial charge in [-0.05, 0) is 35.8 Å². The lowest BCUT2D eigenvalue weighted by Gasteiger charge is -2.22. The third kappa shape index (κ3) is 1.95. The van der Waals surface area contributed by atoms with E-state index in [4.69, 9.17) is 0 Å². The van der Waals surface area contributed by atoms with Crippen LogP contribution < -0.4 is 0 Å². The summed E-state index contributed by atoms with van der Waals surface area (Å²) >= 11 is 0. The molecule has 0 saturated heterocycles. The van der Waals surface area contributed by atoms with Crippen LogP contribution in [0.1, 0.15) is 50.8 Å². The molecule has 1 aliphatic carbocycles. The van der Waals surface area contributed by atoms with Crippen LogP contribution >= 0.6 is 0 Å². The lowest BCUT2D eigenvalue weighted by atomic mass is 9.81. The summed E-state index contributed by atoms with van der Waals surface area (Å²) in [5.74, 6) is 0. The Kier molecular flexibility index (Phi) is 3.06. The molecule has 20 heavy (non-hydrogen) atoms. The average Bonchev–Trinajstić information content (AvgIpc) is 2.46. The highest BCUT2D eigenvalue weighted by Crippen LogP contribution is 2.54. The van der Waals surface area contributed by atoms with E-state index in [-0.39, 0.29) is 21.4 Å². The number of isocyanates is 1. The summed E-state index contributed by atoms with van der Waals surface area (Å²) in [4.78, 5) is 25.3. The lowest BCUT2D eigenvalue weighted by Crippen LogP contribution is -2.18. The quantitative estimate of drug-likeness (QED) is 0.356. The molecule has 0 radical (unpaired) electrons. The van der Waals surface area contributed by atoms with E-state index in [1.807, 2.05) is 13.8 Å². The molecule has 1 aliphatic rings. The Bertz CT molecular complexity index is 654. The van der Waals surface area contributed by atoms with Gasteiger partial charge in [-0.25, -0.2) is 4.79 Å². The van der Waals surface area contributed by atoms with E-state index < -0.39 is 0 Å². The largest absolute Gasteiger partial charge is 0.278 e. The fourth-order valence-electron chi connectivity index (χ4n) is 3.65. The predicted octanol–water partition coefficient (Wildman–Crippen LogP) is 3.83. The summed E-state index contributed by atoms with van der Waals surface area (Å²) in [5, 5.41) is 11.5. The molecule has 0 unspecified atom stereocenters. The van der Waals surface area contributed by atoms with Crippen LogP contribution in [0.2, 0.25) is 0 Å². The van der Waals surface area contributed by atoms with Gasteiger partial charge in [-0.3, -0.25) is 10.1 Å². The highest BCUT2D eigenvalue weighted by molar-refractivity contribution is 5.70. The van der Waals surface area contributed by atoms with Crippen LogP contribution in [-0.2, 0) is 15.6 Å². The van der Waals surface area contributed by atoms with Gasteiger partial charge in [0.05, 0.1) is 16.2 Å². The van der Waals surface area contributed by atoms with Crippen molar-refractivity contribution in [1.82, 2.24) is 0 Å². The zero-order valence-electron chi connectivity index (χ0n) is 12.4. The van der Waals surface area contributed by atoms with Crippen molar-refractivity contribution < 1.29 is 9.72 Å². The fourth-order valence-corrected chi connectivity index (χ4v) is 3.65. The summed E-state index contributed by atoms with van der Waals surface area (Å²) in [6, 6.07) is 1.80. The molecule has 0 fully saturated rings. The number of hydrogen-bond donors (Lipinski definition) is 0. The van der Waals surface area contributed by atoms with E-state index >= 15 is 0 Å². The second-order valence-corrected chi connectivity index (χ2v) is 6.70. The molecular weight excluding hydrogens is 256 g/mol. The Morgan fingerprint density at radius 1 is 1.30 bits per heavy atom. The van der Waals surface area contributed by atoms with Crippen molar-refractivity contribution in [3.05, 3.63) is 32.9 Å². The van der Waals surface area contributed by atoms with Crippen LogP contribution in [0.15, 0.2) is 11.1 Å². The van der Waals surface area contributed by atoms with Gasteiger partial charge < -0.3 is 0 Å². The fraction of sp³-hybridized carbons (Fsp3) is 0.533. The molecule has 0 amide bonds. The second-order valence-electron chi connectivity index (χ2n) is 6.70. The molecule has 0 spiro atoms. The number of benzene rings is 1. The number of nitro groups is 1. The highest BCUT2D eigenvalue weighted by Gasteiger charge is 2.47. The first kappa shape index (κ1) is 14.4. The predicted molar refractivity (Wildman–Crippen MR) is 76.3 cm³/mol. The van der Waals surface area contributed by atoms with E-state index in [0.29, 0.717) is 11.3 Å². The van der Waals surface area contributed by atoms with E-state index in [1.54, 1.807) is 13.0 Å². The minimum atomic E-state index is -0.360. The van der Waals surface area contributed by atoms with E-state index in [1.165, 1.54) is 6.08 Å². The number of rotatable bonds is 2. The summed E-state index contributed by atoms with van der Waals surface area (Å²) in [7, 11) is 0. The van der Waals surface area contributed by atoms with Gasteiger partial charge in [0.15, 0.2) is 0 Å². The van der Waals surface area contributed by atoms with Crippen LogP contribution in [0, 0.1) is 17.0 Å². The second kappa shape index (κ2) is 4.25. The van der Waals surface area contributed by atoms with Crippen molar-refractivity contribution >= 4 is 17.5 Å². The number of fused-ring (bicyclic) bond motifs is 1. The van der Waals surface area contributed by atoms with Gasteiger partial charge in [0.2, 0.25) is 6.08 Å². The molecule has 106 valence electrons. The summed E-state index contributed by atoms with van der Waals surface area (Å²) < 4.78 is 0. The maximum atomic E-state index is 11.5. The number of aliphatic imine (C=N–C) groups is 1. The lowest BCUT2D eigenvalue weighted by molar-refractivity contribution is -0.386. The van der Waals surface area contributed by atoms with Crippen molar-refractivity contribution in [1.29, 1.82) is 0 Å². The molecule has 0 atom stereocenters. The van der Waals surface area contributed by atoms with Gasteiger partial charge in [0.1, 0.15) is 0 Å². The molecule has 0 bridgehead atoms. The van der Waals surface area contributed by atoms with Crippen molar-refractivity contribution in [2.75, 3.05) is 0 Å². The van der Waals surface area contributed by atoms with Gasteiger partial charge in [-0.1, -0.05) is 27.7 Å². The molecule has 0 heterocycles. The number of nitro benzene ring substituents is 1. The van der Waals surface area contributed by atoms with Crippen LogP contribution in [0.3, 0.4) is 0 Å². The summed E-state index contributed by atoms with van der Waals surface area (Å²) in [6.45, 7) is 9.81. The Hall–Kier alpha value is -2.00. The molecule has 5 nitrogen and oxygen atoms in total. The zero-order chi connectivity index (χ0) is 15.3. The minimum Gasteiger partial charge on any atom is -0.258 e. The molecule has 1 aromatic carbocycles. The van der Waals surface area contributed by atoms with Gasteiger partial charge >= 0.3 is 0 Å². The van der Waals surface area contributed by atoms with Crippen molar-refractivity contribution in [3.8, 4) is 0 Å². The maximum Gasteiger partial charge on any atom is 0.278 e. The summed E-state index contributed by atoms with van der Waals surface area (Å²) in [6.07, 6.45) is 2.31. The third-order valence-corrected chi connectivity index (χ3v) is 4.17. The molecule has 2 rings (SSSR count). The first-order valence-corrected chi connectivity index (χ1v) is 6.52. The number of carbonyl (C=O) groups excluding carboxylic acids is 1. The molecule has 5 heteroatoms. The topological polar surface area (TPSA) is 72.6 Å². The Morgan fingerprint density at radius 3 is 2.40 bits per heavy atom. The number of hydrogen-bond acceptors (Lipinski definition) is 4. The standard InChI is InChI=1S/C15H18N2O3/c1-9-11(16-8-18)6-10-12(13(9)17(19)20)15(4,5)7-14(10,2)3/h6H,7H2,1-5H3. The minimum absolute atomic E-state index is 0.0899. The molecular formula is C15H18N2O3. The molecule has 0 N–H and O–H groups in total. The normalized spacial score (nSPS) is 18.2. The van der Waals surface area contributed by atoms with Gasteiger partial charge in [-0.15, -0.1) is 0 Å². The molecule has 0 aliphatic heterocycles. The Morgan fingerprint density at radius 2 is 1.90 bits per heavy atom. The zero-order valence-corrected chi connectivity index (χ0v) is 12.4. The third-order valence-electron chi connectivity index (χ3n) is 4.17.